The van der Waals surface area contributed by atoms with Crippen molar-refractivity contribution >= 4 is 33.2 Å². The van der Waals surface area contributed by atoms with Crippen LogP contribution >= 0.6 is 15.9 Å². The van der Waals surface area contributed by atoms with Crippen molar-refractivity contribution in [3.05, 3.63) is 22.4 Å². The molecule has 0 saturated carbocycles. The van der Waals surface area contributed by atoms with E-state index < -0.39 is 0 Å². The Morgan fingerprint density at radius 2 is 2.23 bits per heavy atom. The van der Waals surface area contributed by atoms with Gasteiger partial charge < -0.3 is 10.6 Å². The molecule has 0 aliphatic carbocycles. The summed E-state index contributed by atoms with van der Waals surface area (Å²) in [5.41, 5.74) is 1.20. The van der Waals surface area contributed by atoms with Crippen LogP contribution in [0.2, 0.25) is 0 Å². The average molecular weight is 245 g/mol. The van der Waals surface area contributed by atoms with Crippen molar-refractivity contribution in [2.75, 3.05) is 17.2 Å². The van der Waals surface area contributed by atoms with Crippen molar-refractivity contribution in [3.8, 4) is 0 Å². The summed E-state index contributed by atoms with van der Waals surface area (Å²) < 4.78 is 13.5. The molecule has 0 atom stereocenters. The number of nitrogens with one attached hydrogen (secondary N) is 2. The maximum absolute atomic E-state index is 12.9. The maximum Gasteiger partial charge on any atom is 0.243 e. The third-order valence-corrected chi connectivity index (χ3v) is 2.38. The van der Waals surface area contributed by atoms with E-state index in [-0.39, 0.29) is 18.3 Å². The zero-order valence-electron chi connectivity index (χ0n) is 6.53. The Labute approximate surface area is 82.4 Å². The number of fused-ring (bicyclic) bond motifs is 1. The number of benzene rings is 1. The second-order valence-electron chi connectivity index (χ2n) is 2.71. The van der Waals surface area contributed by atoms with Gasteiger partial charge in [0.2, 0.25) is 5.91 Å². The molecule has 0 bridgehead atoms. The van der Waals surface area contributed by atoms with E-state index in [1.807, 2.05) is 0 Å². The van der Waals surface area contributed by atoms with Gasteiger partial charge in [-0.25, -0.2) is 4.39 Å². The summed E-state index contributed by atoms with van der Waals surface area (Å²) in [7, 11) is 0. The van der Waals surface area contributed by atoms with Crippen molar-refractivity contribution in [1.29, 1.82) is 0 Å². The Kier molecular flexibility index (Phi) is 1.95. The summed E-state index contributed by atoms with van der Waals surface area (Å²) in [6.45, 7) is 0.219. The van der Waals surface area contributed by atoms with Crippen molar-refractivity contribution in [2.45, 2.75) is 0 Å². The van der Waals surface area contributed by atoms with E-state index in [1.54, 1.807) is 0 Å². The highest BCUT2D eigenvalue weighted by Gasteiger charge is 2.17. The monoisotopic (exact) mass is 244 g/mol. The van der Waals surface area contributed by atoms with E-state index >= 15 is 0 Å². The van der Waals surface area contributed by atoms with Gasteiger partial charge in [-0.15, -0.1) is 0 Å². The van der Waals surface area contributed by atoms with Gasteiger partial charge in [0.05, 0.1) is 17.9 Å². The molecule has 1 aliphatic heterocycles. The van der Waals surface area contributed by atoms with Gasteiger partial charge in [-0.2, -0.15) is 0 Å². The van der Waals surface area contributed by atoms with Crippen LogP contribution < -0.4 is 10.6 Å². The van der Waals surface area contributed by atoms with Gasteiger partial charge in [0.1, 0.15) is 5.82 Å². The van der Waals surface area contributed by atoms with E-state index in [2.05, 4.69) is 26.6 Å². The Bertz CT molecular complexity index is 381. The molecule has 2 rings (SSSR count). The molecule has 1 aromatic rings. The predicted molar refractivity (Wildman–Crippen MR) is 51.2 cm³/mol. The molecule has 2 N–H and O–H groups in total. The lowest BCUT2D eigenvalue weighted by Gasteiger charge is -2.19. The molecule has 0 aromatic heterocycles. The SMILES string of the molecule is O=C1CNc2c(Br)cc(F)cc2N1. The Hall–Kier alpha value is -1.10. The molecule has 0 unspecified atom stereocenters. The first-order valence-corrected chi connectivity index (χ1v) is 4.49. The molecular formula is C8H6BrFN2O. The molecule has 1 aromatic carbocycles. The standard InChI is InChI=1S/C8H6BrFN2O/c9-5-1-4(10)2-6-8(5)11-3-7(13)12-6/h1-2,11H,3H2,(H,12,13). The molecule has 1 aliphatic rings. The molecule has 5 heteroatoms. The molecule has 1 amide bonds. The summed E-state index contributed by atoms with van der Waals surface area (Å²) in [5.74, 6) is -0.542. The fourth-order valence-corrected chi connectivity index (χ4v) is 1.79. The number of amides is 1. The van der Waals surface area contributed by atoms with Crippen LogP contribution in [0.5, 0.6) is 0 Å². The Balaban J connectivity index is 2.53. The first-order valence-electron chi connectivity index (χ1n) is 3.69. The molecular weight excluding hydrogens is 239 g/mol. The second-order valence-corrected chi connectivity index (χ2v) is 3.57. The van der Waals surface area contributed by atoms with Crippen LogP contribution in [0, 0.1) is 5.82 Å². The Morgan fingerprint density at radius 1 is 1.46 bits per heavy atom. The van der Waals surface area contributed by atoms with Crippen LogP contribution in [0.1, 0.15) is 0 Å². The summed E-state index contributed by atoms with van der Waals surface area (Å²) in [6.07, 6.45) is 0. The van der Waals surface area contributed by atoms with Gasteiger partial charge >= 0.3 is 0 Å². The molecule has 0 fully saturated rings. The number of halogens is 2. The largest absolute Gasteiger partial charge is 0.374 e. The quantitative estimate of drug-likeness (QED) is 0.733. The lowest BCUT2D eigenvalue weighted by atomic mass is 10.2. The topological polar surface area (TPSA) is 41.1 Å². The number of rotatable bonds is 0. The Morgan fingerprint density at radius 3 is 3.00 bits per heavy atom. The third kappa shape index (κ3) is 1.51. The van der Waals surface area contributed by atoms with E-state index in [0.717, 1.165) is 5.69 Å². The maximum atomic E-state index is 12.9. The summed E-state index contributed by atoms with van der Waals surface area (Å²) in [4.78, 5) is 10.9. The number of hydrogen-bond donors (Lipinski definition) is 2. The van der Waals surface area contributed by atoms with Crippen molar-refractivity contribution < 1.29 is 9.18 Å². The number of carbonyl (C=O) groups is 1. The van der Waals surface area contributed by atoms with Crippen molar-refractivity contribution in [1.82, 2.24) is 0 Å². The number of carbonyl (C=O) groups excluding carboxylic acids is 1. The van der Waals surface area contributed by atoms with E-state index in [1.165, 1.54) is 12.1 Å². The van der Waals surface area contributed by atoms with Gasteiger partial charge in [0.15, 0.2) is 0 Å². The minimum Gasteiger partial charge on any atom is -0.374 e. The smallest absolute Gasteiger partial charge is 0.243 e. The lowest BCUT2D eigenvalue weighted by molar-refractivity contribution is -0.114. The predicted octanol–water partition coefficient (Wildman–Crippen LogP) is 1.95. The molecule has 0 radical (unpaired) electrons. The minimum absolute atomic E-state index is 0.162. The average Bonchev–Trinajstić information content (AvgIpc) is 2.02. The summed E-state index contributed by atoms with van der Waals surface area (Å²) in [5, 5.41) is 5.45. The zero-order valence-corrected chi connectivity index (χ0v) is 8.11. The van der Waals surface area contributed by atoms with Crippen LogP contribution in [0.15, 0.2) is 16.6 Å². The van der Waals surface area contributed by atoms with Crippen LogP contribution in [0.3, 0.4) is 0 Å². The lowest BCUT2D eigenvalue weighted by Crippen LogP contribution is -2.27. The van der Waals surface area contributed by atoms with Crippen LogP contribution in [-0.2, 0) is 4.79 Å². The highest BCUT2D eigenvalue weighted by Crippen LogP contribution is 2.33. The van der Waals surface area contributed by atoms with E-state index in [0.29, 0.717) is 10.2 Å². The summed E-state index contributed by atoms with van der Waals surface area (Å²) >= 11 is 3.20. The minimum atomic E-state index is -0.380. The number of anilines is 2. The van der Waals surface area contributed by atoms with Crippen LogP contribution in [0.4, 0.5) is 15.8 Å². The van der Waals surface area contributed by atoms with E-state index in [4.69, 9.17) is 0 Å². The van der Waals surface area contributed by atoms with Crippen LogP contribution in [0.25, 0.3) is 0 Å². The first kappa shape index (κ1) is 8.50. The number of hydrogen-bond acceptors (Lipinski definition) is 2. The fraction of sp³-hybridized carbons (Fsp3) is 0.125. The van der Waals surface area contributed by atoms with Gasteiger partial charge in [0.25, 0.3) is 0 Å². The highest BCUT2D eigenvalue weighted by molar-refractivity contribution is 9.10. The molecule has 1 heterocycles. The zero-order chi connectivity index (χ0) is 9.42. The first-order chi connectivity index (χ1) is 6.16. The fourth-order valence-electron chi connectivity index (χ4n) is 1.21. The van der Waals surface area contributed by atoms with Gasteiger partial charge in [-0.3, -0.25) is 4.79 Å². The van der Waals surface area contributed by atoms with Gasteiger partial charge in [-0.1, -0.05) is 0 Å². The van der Waals surface area contributed by atoms with Crippen molar-refractivity contribution in [2.24, 2.45) is 0 Å². The molecule has 13 heavy (non-hydrogen) atoms. The third-order valence-electron chi connectivity index (χ3n) is 1.75. The van der Waals surface area contributed by atoms with Crippen LogP contribution in [-0.4, -0.2) is 12.5 Å². The van der Waals surface area contributed by atoms with Gasteiger partial charge in [0, 0.05) is 4.47 Å². The highest BCUT2D eigenvalue weighted by atomic mass is 79.9. The molecule has 0 spiro atoms. The molecule has 0 saturated heterocycles. The normalized spacial score (nSPS) is 14.5. The van der Waals surface area contributed by atoms with Crippen molar-refractivity contribution in [3.63, 3.8) is 0 Å². The molecule has 68 valence electrons. The molecule has 3 nitrogen and oxygen atoms in total. The summed E-state index contributed by atoms with van der Waals surface area (Å²) in [6, 6.07) is 2.63. The second kappa shape index (κ2) is 2.99. The van der Waals surface area contributed by atoms with E-state index in [9.17, 15) is 9.18 Å². The van der Waals surface area contributed by atoms with Gasteiger partial charge in [-0.05, 0) is 28.1 Å².